The second-order valence-corrected chi connectivity index (χ2v) is 7.90. The maximum Gasteiger partial charge on any atom is 0.211 e. The van der Waals surface area contributed by atoms with Gasteiger partial charge in [0.15, 0.2) is 0 Å². The lowest BCUT2D eigenvalue weighted by atomic mass is 10.0. The molecule has 114 valence electrons. The largest absolute Gasteiger partial charge is 0.314 e. The predicted octanol–water partition coefficient (Wildman–Crippen LogP) is 2.26. The summed E-state index contributed by atoms with van der Waals surface area (Å²) in [5.41, 5.74) is 0. The highest BCUT2D eigenvalue weighted by Gasteiger charge is 2.19. The van der Waals surface area contributed by atoms with Crippen LogP contribution >= 0.6 is 0 Å². The Bertz CT molecular complexity index is 337. The highest BCUT2D eigenvalue weighted by atomic mass is 32.2. The molecule has 0 amide bonds. The van der Waals surface area contributed by atoms with Crippen molar-refractivity contribution in [3.63, 3.8) is 0 Å². The van der Waals surface area contributed by atoms with E-state index in [9.17, 15) is 8.42 Å². The fraction of sp³-hybridized carbons (Fsp3) is 1.00. The van der Waals surface area contributed by atoms with Gasteiger partial charge in [-0.3, -0.25) is 0 Å². The lowest BCUT2D eigenvalue weighted by Gasteiger charge is -2.24. The number of hydrogen-bond donors (Lipinski definition) is 2. The third-order valence-corrected chi connectivity index (χ3v) is 5.52. The molecule has 1 aliphatic heterocycles. The molecular formula is C14H30N2O2S. The van der Waals surface area contributed by atoms with Crippen LogP contribution in [0.4, 0.5) is 0 Å². The average molecular weight is 290 g/mol. The van der Waals surface area contributed by atoms with Crippen LogP contribution in [0.2, 0.25) is 0 Å². The molecule has 5 heteroatoms. The Hall–Kier alpha value is -0.130. The SMILES string of the molecule is CCC(C)CC(C)NS(=O)(=O)CCC1CCCCN1. The van der Waals surface area contributed by atoms with Gasteiger partial charge < -0.3 is 5.32 Å². The summed E-state index contributed by atoms with van der Waals surface area (Å²) in [5.74, 6) is 0.813. The molecule has 4 nitrogen and oxygen atoms in total. The quantitative estimate of drug-likeness (QED) is 0.721. The summed E-state index contributed by atoms with van der Waals surface area (Å²) in [6.07, 6.45) is 6.28. The molecule has 1 fully saturated rings. The smallest absolute Gasteiger partial charge is 0.211 e. The lowest BCUT2D eigenvalue weighted by Crippen LogP contribution is -2.39. The Balaban J connectivity index is 2.30. The first kappa shape index (κ1) is 16.9. The van der Waals surface area contributed by atoms with Crippen LogP contribution in [0.1, 0.15) is 59.3 Å². The van der Waals surface area contributed by atoms with E-state index in [1.54, 1.807) is 0 Å². The van der Waals surface area contributed by atoms with E-state index < -0.39 is 10.0 Å². The zero-order chi connectivity index (χ0) is 14.3. The van der Waals surface area contributed by atoms with Gasteiger partial charge in [-0.05, 0) is 45.1 Å². The third-order valence-electron chi connectivity index (χ3n) is 3.98. The normalized spacial score (nSPS) is 24.1. The molecule has 3 unspecified atom stereocenters. The minimum absolute atomic E-state index is 0.0410. The molecule has 0 bridgehead atoms. The van der Waals surface area contributed by atoms with Crippen LogP contribution in [0.3, 0.4) is 0 Å². The number of nitrogens with one attached hydrogen (secondary N) is 2. The third kappa shape index (κ3) is 7.28. The Morgan fingerprint density at radius 2 is 2.05 bits per heavy atom. The second-order valence-electron chi connectivity index (χ2n) is 6.02. The summed E-state index contributed by atoms with van der Waals surface area (Å²) >= 11 is 0. The fourth-order valence-electron chi connectivity index (χ4n) is 2.65. The van der Waals surface area contributed by atoms with Crippen molar-refractivity contribution in [2.24, 2.45) is 5.92 Å². The van der Waals surface area contributed by atoms with Gasteiger partial charge in [0, 0.05) is 12.1 Å². The van der Waals surface area contributed by atoms with Crippen LogP contribution in [0, 0.1) is 5.92 Å². The minimum Gasteiger partial charge on any atom is -0.314 e. The molecule has 0 aromatic heterocycles. The highest BCUT2D eigenvalue weighted by molar-refractivity contribution is 7.89. The van der Waals surface area contributed by atoms with Crippen LogP contribution in [-0.2, 0) is 10.0 Å². The molecule has 0 radical (unpaired) electrons. The number of rotatable bonds is 8. The zero-order valence-electron chi connectivity index (χ0n) is 12.6. The van der Waals surface area contributed by atoms with Crippen molar-refractivity contribution in [2.75, 3.05) is 12.3 Å². The molecular weight excluding hydrogens is 260 g/mol. The molecule has 19 heavy (non-hydrogen) atoms. The Kier molecular flexibility index (Phi) is 7.32. The molecule has 0 saturated carbocycles. The van der Waals surface area contributed by atoms with Crippen molar-refractivity contribution < 1.29 is 8.42 Å². The molecule has 1 heterocycles. The van der Waals surface area contributed by atoms with E-state index in [0.717, 1.165) is 32.2 Å². The van der Waals surface area contributed by atoms with Crippen molar-refractivity contribution in [3.05, 3.63) is 0 Å². The van der Waals surface area contributed by atoms with Crippen LogP contribution in [0.15, 0.2) is 0 Å². The molecule has 1 rings (SSSR count). The Labute approximate surface area is 118 Å². The van der Waals surface area contributed by atoms with E-state index in [1.165, 1.54) is 12.8 Å². The van der Waals surface area contributed by atoms with Gasteiger partial charge in [-0.15, -0.1) is 0 Å². The first-order valence-corrected chi connectivity index (χ1v) is 9.31. The van der Waals surface area contributed by atoms with Gasteiger partial charge in [-0.25, -0.2) is 13.1 Å². The monoisotopic (exact) mass is 290 g/mol. The van der Waals surface area contributed by atoms with E-state index >= 15 is 0 Å². The molecule has 3 atom stereocenters. The van der Waals surface area contributed by atoms with Crippen molar-refractivity contribution in [1.29, 1.82) is 0 Å². The molecule has 1 saturated heterocycles. The van der Waals surface area contributed by atoms with Crippen LogP contribution in [-0.4, -0.2) is 32.8 Å². The van der Waals surface area contributed by atoms with Crippen LogP contribution in [0.25, 0.3) is 0 Å². The van der Waals surface area contributed by atoms with Gasteiger partial charge in [-0.1, -0.05) is 26.7 Å². The summed E-state index contributed by atoms with van der Waals surface area (Å²) in [7, 11) is -3.12. The van der Waals surface area contributed by atoms with Crippen molar-refractivity contribution >= 4 is 10.0 Å². The summed E-state index contributed by atoms with van der Waals surface area (Å²) < 4.78 is 26.8. The molecule has 0 aliphatic carbocycles. The topological polar surface area (TPSA) is 58.2 Å². The van der Waals surface area contributed by atoms with Crippen molar-refractivity contribution in [3.8, 4) is 0 Å². The van der Waals surface area contributed by atoms with Crippen LogP contribution < -0.4 is 10.0 Å². The molecule has 1 aliphatic rings. The van der Waals surface area contributed by atoms with Crippen molar-refractivity contribution in [2.45, 2.75) is 71.4 Å². The standard InChI is InChI=1S/C14H30N2O2S/c1-4-12(2)11-13(3)16-19(17,18)10-8-14-7-5-6-9-15-14/h12-16H,4-11H2,1-3H3. The Morgan fingerprint density at radius 1 is 1.32 bits per heavy atom. The highest BCUT2D eigenvalue weighted by Crippen LogP contribution is 2.13. The van der Waals surface area contributed by atoms with Crippen LogP contribution in [0.5, 0.6) is 0 Å². The second kappa shape index (κ2) is 8.22. The summed E-state index contributed by atoms with van der Waals surface area (Å²) in [4.78, 5) is 0. The van der Waals surface area contributed by atoms with Gasteiger partial charge in [0.1, 0.15) is 0 Å². The maximum absolute atomic E-state index is 12.0. The fourth-order valence-corrected chi connectivity index (χ4v) is 4.07. The summed E-state index contributed by atoms with van der Waals surface area (Å²) in [5, 5.41) is 3.39. The number of hydrogen-bond acceptors (Lipinski definition) is 3. The van der Waals surface area contributed by atoms with Gasteiger partial charge in [0.25, 0.3) is 0 Å². The maximum atomic E-state index is 12.0. The average Bonchev–Trinajstić information content (AvgIpc) is 2.37. The zero-order valence-corrected chi connectivity index (χ0v) is 13.4. The van der Waals surface area contributed by atoms with E-state index in [-0.39, 0.29) is 11.8 Å². The predicted molar refractivity (Wildman–Crippen MR) is 80.7 cm³/mol. The van der Waals surface area contributed by atoms with E-state index in [0.29, 0.717) is 12.0 Å². The first-order valence-electron chi connectivity index (χ1n) is 7.66. The molecule has 0 spiro atoms. The molecule has 0 aromatic carbocycles. The Morgan fingerprint density at radius 3 is 2.63 bits per heavy atom. The van der Waals surface area contributed by atoms with Gasteiger partial charge >= 0.3 is 0 Å². The van der Waals surface area contributed by atoms with Gasteiger partial charge in [0.2, 0.25) is 10.0 Å². The van der Waals surface area contributed by atoms with Crippen molar-refractivity contribution in [1.82, 2.24) is 10.0 Å². The minimum atomic E-state index is -3.12. The first-order chi connectivity index (χ1) is 8.93. The summed E-state index contributed by atoms with van der Waals surface area (Å²) in [6, 6.07) is 0.425. The van der Waals surface area contributed by atoms with Gasteiger partial charge in [-0.2, -0.15) is 0 Å². The lowest BCUT2D eigenvalue weighted by molar-refractivity contribution is 0.391. The number of piperidine rings is 1. The molecule has 2 N–H and O–H groups in total. The van der Waals surface area contributed by atoms with E-state index in [1.807, 2.05) is 6.92 Å². The van der Waals surface area contributed by atoms with E-state index in [2.05, 4.69) is 23.9 Å². The van der Waals surface area contributed by atoms with Gasteiger partial charge in [0.05, 0.1) is 5.75 Å². The summed E-state index contributed by atoms with van der Waals surface area (Å²) in [6.45, 7) is 7.29. The number of sulfonamides is 1. The molecule has 0 aromatic rings. The van der Waals surface area contributed by atoms with E-state index in [4.69, 9.17) is 0 Å².